The van der Waals surface area contributed by atoms with Crippen molar-refractivity contribution in [2.24, 2.45) is 0 Å². The second-order valence-corrected chi connectivity index (χ2v) is 5.28. The van der Waals surface area contributed by atoms with Gasteiger partial charge in [-0.1, -0.05) is 48.6 Å². The number of benzene rings is 2. The summed E-state index contributed by atoms with van der Waals surface area (Å²) in [4.78, 5) is 4.50. The number of ether oxygens (including phenoxy) is 1. The molecule has 114 valence electrons. The van der Waals surface area contributed by atoms with E-state index in [1.54, 1.807) is 0 Å². The minimum atomic E-state index is 0.580. The monoisotopic (exact) mass is 301 g/mol. The first-order valence-corrected chi connectivity index (χ1v) is 7.71. The minimum Gasteiger partial charge on any atom is -0.489 e. The van der Waals surface area contributed by atoms with Gasteiger partial charge in [0.05, 0.1) is 5.69 Å². The van der Waals surface area contributed by atoms with Crippen LogP contribution in [0, 0.1) is 0 Å². The summed E-state index contributed by atoms with van der Waals surface area (Å²) in [5, 5.41) is 0. The van der Waals surface area contributed by atoms with Gasteiger partial charge in [-0.25, -0.2) is 0 Å². The average Bonchev–Trinajstić information content (AvgIpc) is 2.62. The van der Waals surface area contributed by atoms with Crippen LogP contribution >= 0.6 is 0 Å². The SMILES string of the molecule is C/C=C/c1ccc(-c2ccc(OCc3ccccc3)cc2)nc1. The number of pyridine rings is 1. The third kappa shape index (κ3) is 4.07. The summed E-state index contributed by atoms with van der Waals surface area (Å²) in [5.41, 5.74) is 4.33. The van der Waals surface area contributed by atoms with Gasteiger partial charge >= 0.3 is 0 Å². The van der Waals surface area contributed by atoms with E-state index in [0.29, 0.717) is 6.61 Å². The topological polar surface area (TPSA) is 22.1 Å². The predicted octanol–water partition coefficient (Wildman–Crippen LogP) is 5.36. The summed E-state index contributed by atoms with van der Waals surface area (Å²) in [6, 6.07) is 22.3. The molecule has 0 saturated carbocycles. The Morgan fingerprint density at radius 3 is 2.35 bits per heavy atom. The van der Waals surface area contributed by atoms with Crippen LogP contribution in [0.25, 0.3) is 17.3 Å². The first-order chi connectivity index (χ1) is 11.3. The fourth-order valence-corrected chi connectivity index (χ4v) is 2.33. The maximum Gasteiger partial charge on any atom is 0.119 e. The second-order valence-electron chi connectivity index (χ2n) is 5.28. The Hall–Kier alpha value is -2.87. The fourth-order valence-electron chi connectivity index (χ4n) is 2.33. The van der Waals surface area contributed by atoms with Crippen molar-refractivity contribution in [1.82, 2.24) is 4.98 Å². The Kier molecular flexibility index (Phi) is 4.85. The maximum absolute atomic E-state index is 5.80. The molecule has 2 heteroatoms. The van der Waals surface area contributed by atoms with E-state index in [9.17, 15) is 0 Å². The number of nitrogens with zero attached hydrogens (tertiary/aromatic N) is 1. The molecule has 0 aliphatic heterocycles. The molecule has 3 rings (SSSR count). The van der Waals surface area contributed by atoms with Crippen LogP contribution in [0.2, 0.25) is 0 Å². The van der Waals surface area contributed by atoms with Crippen LogP contribution in [-0.2, 0) is 6.61 Å². The van der Waals surface area contributed by atoms with E-state index in [0.717, 1.165) is 28.1 Å². The van der Waals surface area contributed by atoms with Gasteiger partial charge in [-0.15, -0.1) is 0 Å². The number of hydrogen-bond acceptors (Lipinski definition) is 2. The molecule has 0 spiro atoms. The van der Waals surface area contributed by atoms with Gasteiger partial charge < -0.3 is 4.74 Å². The highest BCUT2D eigenvalue weighted by Crippen LogP contribution is 2.21. The van der Waals surface area contributed by atoms with Gasteiger partial charge in [0, 0.05) is 11.8 Å². The molecule has 0 aliphatic carbocycles. The quantitative estimate of drug-likeness (QED) is 0.633. The van der Waals surface area contributed by atoms with Crippen molar-refractivity contribution in [1.29, 1.82) is 0 Å². The van der Waals surface area contributed by atoms with E-state index < -0.39 is 0 Å². The van der Waals surface area contributed by atoms with Crippen molar-refractivity contribution in [3.8, 4) is 17.0 Å². The lowest BCUT2D eigenvalue weighted by Crippen LogP contribution is -1.94. The number of aromatic nitrogens is 1. The van der Waals surface area contributed by atoms with Gasteiger partial charge in [-0.2, -0.15) is 0 Å². The van der Waals surface area contributed by atoms with E-state index in [1.165, 1.54) is 0 Å². The molecule has 0 unspecified atom stereocenters. The molecule has 1 aromatic heterocycles. The van der Waals surface area contributed by atoms with Gasteiger partial charge in [0.15, 0.2) is 0 Å². The zero-order valence-corrected chi connectivity index (χ0v) is 13.1. The molecule has 0 amide bonds. The van der Waals surface area contributed by atoms with Crippen LogP contribution in [-0.4, -0.2) is 4.98 Å². The lowest BCUT2D eigenvalue weighted by Gasteiger charge is -2.07. The Balaban J connectivity index is 1.66. The molecule has 0 N–H and O–H groups in total. The van der Waals surface area contributed by atoms with Crippen LogP contribution in [0.1, 0.15) is 18.1 Å². The van der Waals surface area contributed by atoms with Gasteiger partial charge in [0.2, 0.25) is 0 Å². The summed E-state index contributed by atoms with van der Waals surface area (Å²) in [7, 11) is 0. The van der Waals surface area contributed by atoms with Crippen molar-refractivity contribution >= 4 is 6.08 Å². The van der Waals surface area contributed by atoms with Gasteiger partial charge in [-0.05, 0) is 48.4 Å². The zero-order chi connectivity index (χ0) is 15.9. The number of rotatable bonds is 5. The van der Waals surface area contributed by atoms with Crippen molar-refractivity contribution < 1.29 is 4.74 Å². The van der Waals surface area contributed by atoms with Gasteiger partial charge in [0.1, 0.15) is 12.4 Å². The first kappa shape index (κ1) is 15.0. The van der Waals surface area contributed by atoms with Gasteiger partial charge in [-0.3, -0.25) is 4.98 Å². The zero-order valence-electron chi connectivity index (χ0n) is 13.1. The summed E-state index contributed by atoms with van der Waals surface area (Å²) in [5.74, 6) is 0.864. The Morgan fingerprint density at radius 2 is 1.70 bits per heavy atom. The molecular formula is C21H19NO. The molecule has 2 aromatic carbocycles. The molecule has 0 bridgehead atoms. The predicted molar refractivity (Wildman–Crippen MR) is 95.2 cm³/mol. The molecule has 2 nitrogen and oxygen atoms in total. The normalized spacial score (nSPS) is 10.8. The lowest BCUT2D eigenvalue weighted by atomic mass is 10.1. The smallest absolute Gasteiger partial charge is 0.119 e. The van der Waals surface area contributed by atoms with Crippen LogP contribution in [0.5, 0.6) is 5.75 Å². The molecule has 0 saturated heterocycles. The van der Waals surface area contributed by atoms with Crippen molar-refractivity contribution in [3.05, 3.63) is 90.1 Å². The standard InChI is InChI=1S/C21H19NO/c1-2-6-17-9-14-21(22-15-17)19-10-12-20(13-11-19)23-16-18-7-4-3-5-8-18/h2-15H,16H2,1H3/b6-2+. The molecule has 1 heterocycles. The van der Waals surface area contributed by atoms with E-state index in [-0.39, 0.29) is 0 Å². The van der Waals surface area contributed by atoms with Crippen LogP contribution < -0.4 is 4.74 Å². The average molecular weight is 301 g/mol. The molecule has 0 aliphatic rings. The van der Waals surface area contributed by atoms with Crippen LogP contribution in [0.4, 0.5) is 0 Å². The highest BCUT2D eigenvalue weighted by Gasteiger charge is 2.01. The summed E-state index contributed by atoms with van der Waals surface area (Å²) >= 11 is 0. The molecule has 0 fully saturated rings. The maximum atomic E-state index is 5.80. The highest BCUT2D eigenvalue weighted by atomic mass is 16.5. The summed E-state index contributed by atoms with van der Waals surface area (Å²) in [6.45, 7) is 2.58. The number of hydrogen-bond donors (Lipinski definition) is 0. The molecule has 23 heavy (non-hydrogen) atoms. The fraction of sp³-hybridized carbons (Fsp3) is 0.0952. The van der Waals surface area contributed by atoms with E-state index in [1.807, 2.05) is 73.8 Å². The Labute approximate surface area is 137 Å². The molecular weight excluding hydrogens is 282 g/mol. The summed E-state index contributed by atoms with van der Waals surface area (Å²) in [6.07, 6.45) is 5.93. The largest absolute Gasteiger partial charge is 0.489 e. The number of allylic oxidation sites excluding steroid dienone is 1. The lowest BCUT2D eigenvalue weighted by molar-refractivity contribution is 0.306. The van der Waals surface area contributed by atoms with E-state index in [2.05, 4.69) is 23.2 Å². The van der Waals surface area contributed by atoms with E-state index >= 15 is 0 Å². The van der Waals surface area contributed by atoms with E-state index in [4.69, 9.17) is 4.74 Å². The third-order valence-electron chi connectivity index (χ3n) is 3.54. The highest BCUT2D eigenvalue weighted by molar-refractivity contribution is 5.61. The van der Waals surface area contributed by atoms with Crippen molar-refractivity contribution in [3.63, 3.8) is 0 Å². The van der Waals surface area contributed by atoms with Gasteiger partial charge in [0.25, 0.3) is 0 Å². The Bertz CT molecular complexity index is 759. The molecule has 0 atom stereocenters. The minimum absolute atomic E-state index is 0.580. The first-order valence-electron chi connectivity index (χ1n) is 7.71. The summed E-state index contributed by atoms with van der Waals surface area (Å²) < 4.78 is 5.80. The Morgan fingerprint density at radius 1 is 0.913 bits per heavy atom. The molecule has 0 radical (unpaired) electrons. The third-order valence-corrected chi connectivity index (χ3v) is 3.54. The second kappa shape index (κ2) is 7.41. The van der Waals surface area contributed by atoms with Crippen molar-refractivity contribution in [2.75, 3.05) is 0 Å². The van der Waals surface area contributed by atoms with Crippen molar-refractivity contribution in [2.45, 2.75) is 13.5 Å². The molecule has 3 aromatic rings. The van der Waals surface area contributed by atoms with Crippen LogP contribution in [0.3, 0.4) is 0 Å². The van der Waals surface area contributed by atoms with Crippen LogP contribution in [0.15, 0.2) is 79.0 Å².